The van der Waals surface area contributed by atoms with Crippen molar-refractivity contribution in [3.05, 3.63) is 41.5 Å². The van der Waals surface area contributed by atoms with E-state index in [1.165, 1.54) is 27.4 Å². The molecule has 7 nitrogen and oxygen atoms in total. The molecule has 176 valence electrons. The Morgan fingerprint density at radius 1 is 1.06 bits per heavy atom. The Labute approximate surface area is 191 Å². The Bertz CT molecular complexity index is 941. The van der Waals surface area contributed by atoms with E-state index in [0.29, 0.717) is 12.3 Å². The molecule has 0 saturated carbocycles. The summed E-state index contributed by atoms with van der Waals surface area (Å²) in [5, 5.41) is 0. The highest BCUT2D eigenvalue weighted by Crippen LogP contribution is 2.48. The zero-order valence-electron chi connectivity index (χ0n) is 18.2. The quantitative estimate of drug-likeness (QED) is 0.627. The number of hydrogen-bond acceptors (Lipinski definition) is 6. The molecule has 1 aliphatic rings. The number of alkyl halides is 2. The van der Waals surface area contributed by atoms with Crippen molar-refractivity contribution in [3.63, 3.8) is 0 Å². The average molecular weight is 473 g/mol. The first-order valence-electron chi connectivity index (χ1n) is 9.80. The summed E-state index contributed by atoms with van der Waals surface area (Å²) in [6, 6.07) is 8.72. The third-order valence-electron chi connectivity index (χ3n) is 5.04. The maximum atomic E-state index is 13.7. The lowest BCUT2D eigenvalue weighted by Gasteiger charge is -2.22. The SMILES string of the molecule is COc1c(Oc2ccc(CCN)cc2)cc(C(=O)N2CCC(F)(F)C2)c(OC)c1OC.Cl. The van der Waals surface area contributed by atoms with Gasteiger partial charge in [-0.05, 0) is 30.7 Å². The highest BCUT2D eigenvalue weighted by Gasteiger charge is 2.41. The van der Waals surface area contributed by atoms with Crippen LogP contribution >= 0.6 is 12.4 Å². The van der Waals surface area contributed by atoms with Gasteiger partial charge < -0.3 is 29.6 Å². The van der Waals surface area contributed by atoms with Gasteiger partial charge in [-0.15, -0.1) is 12.4 Å². The lowest BCUT2D eigenvalue weighted by Crippen LogP contribution is -2.31. The van der Waals surface area contributed by atoms with E-state index in [9.17, 15) is 13.6 Å². The van der Waals surface area contributed by atoms with E-state index in [2.05, 4.69) is 0 Å². The minimum absolute atomic E-state index is 0. The van der Waals surface area contributed by atoms with Crippen LogP contribution in [0.1, 0.15) is 22.3 Å². The number of hydrogen-bond donors (Lipinski definition) is 1. The number of carbonyl (C=O) groups is 1. The maximum absolute atomic E-state index is 13.7. The number of amides is 1. The van der Waals surface area contributed by atoms with Crippen molar-refractivity contribution in [1.29, 1.82) is 0 Å². The van der Waals surface area contributed by atoms with Crippen molar-refractivity contribution in [1.82, 2.24) is 4.90 Å². The Morgan fingerprint density at radius 2 is 1.69 bits per heavy atom. The average Bonchev–Trinajstić information content (AvgIpc) is 3.13. The summed E-state index contributed by atoms with van der Waals surface area (Å²) >= 11 is 0. The molecule has 0 unspecified atom stereocenters. The van der Waals surface area contributed by atoms with Crippen molar-refractivity contribution < 1.29 is 32.5 Å². The van der Waals surface area contributed by atoms with E-state index >= 15 is 0 Å². The molecule has 0 aromatic heterocycles. The van der Waals surface area contributed by atoms with Gasteiger partial charge in [-0.1, -0.05) is 12.1 Å². The number of carbonyl (C=O) groups excluding carboxylic acids is 1. The Morgan fingerprint density at radius 3 is 2.19 bits per heavy atom. The molecule has 1 heterocycles. The van der Waals surface area contributed by atoms with Gasteiger partial charge in [0.2, 0.25) is 11.5 Å². The number of nitrogens with two attached hydrogens (primary N) is 1. The van der Waals surface area contributed by atoms with Crippen LogP contribution in [-0.4, -0.2) is 57.7 Å². The van der Waals surface area contributed by atoms with Crippen LogP contribution in [0, 0.1) is 0 Å². The molecule has 1 saturated heterocycles. The zero-order valence-corrected chi connectivity index (χ0v) is 19.0. The number of methoxy groups -OCH3 is 3. The predicted molar refractivity (Wildman–Crippen MR) is 118 cm³/mol. The van der Waals surface area contributed by atoms with Gasteiger partial charge in [0.05, 0.1) is 33.4 Å². The van der Waals surface area contributed by atoms with E-state index in [1.54, 1.807) is 12.1 Å². The first-order chi connectivity index (χ1) is 14.8. The number of halogens is 3. The molecule has 2 aromatic rings. The van der Waals surface area contributed by atoms with Gasteiger partial charge >= 0.3 is 0 Å². The van der Waals surface area contributed by atoms with Crippen LogP contribution in [-0.2, 0) is 6.42 Å². The zero-order chi connectivity index (χ0) is 22.6. The summed E-state index contributed by atoms with van der Waals surface area (Å²) in [4.78, 5) is 14.1. The van der Waals surface area contributed by atoms with Crippen molar-refractivity contribution in [2.75, 3.05) is 41.0 Å². The van der Waals surface area contributed by atoms with Crippen LogP contribution in [0.3, 0.4) is 0 Å². The fraction of sp³-hybridized carbons (Fsp3) is 0.409. The third kappa shape index (κ3) is 5.34. The normalized spacial score (nSPS) is 14.5. The van der Waals surface area contributed by atoms with Gasteiger partial charge in [0.25, 0.3) is 11.8 Å². The molecule has 10 heteroatoms. The van der Waals surface area contributed by atoms with E-state index in [1.807, 2.05) is 12.1 Å². The van der Waals surface area contributed by atoms with Crippen LogP contribution in [0.25, 0.3) is 0 Å². The first-order valence-corrected chi connectivity index (χ1v) is 9.80. The summed E-state index contributed by atoms with van der Waals surface area (Å²) in [5.41, 5.74) is 6.68. The Kier molecular flexibility index (Phi) is 8.51. The number of ether oxygens (including phenoxy) is 4. The van der Waals surface area contributed by atoms with Gasteiger partial charge in [0.1, 0.15) is 5.75 Å². The van der Waals surface area contributed by atoms with E-state index in [-0.39, 0.29) is 53.9 Å². The highest BCUT2D eigenvalue weighted by atomic mass is 35.5. The smallest absolute Gasteiger partial charge is 0.267 e. The van der Waals surface area contributed by atoms with Gasteiger partial charge in [-0.25, -0.2) is 8.78 Å². The molecular weight excluding hydrogens is 446 g/mol. The minimum atomic E-state index is -2.91. The largest absolute Gasteiger partial charge is 0.492 e. The summed E-state index contributed by atoms with van der Waals surface area (Å²) in [6.45, 7) is -0.172. The van der Waals surface area contributed by atoms with Crippen LogP contribution in [0.15, 0.2) is 30.3 Å². The molecule has 0 radical (unpaired) electrons. The molecule has 1 amide bonds. The fourth-order valence-electron chi connectivity index (χ4n) is 3.51. The Balaban J connectivity index is 0.00000363. The lowest BCUT2D eigenvalue weighted by atomic mass is 10.1. The van der Waals surface area contributed by atoms with Crippen LogP contribution in [0.5, 0.6) is 28.7 Å². The van der Waals surface area contributed by atoms with Crippen LogP contribution in [0.2, 0.25) is 0 Å². The molecule has 1 fully saturated rings. The first kappa shape index (κ1) is 25.5. The van der Waals surface area contributed by atoms with Gasteiger partial charge in [0.15, 0.2) is 11.5 Å². The van der Waals surface area contributed by atoms with Crippen molar-refractivity contribution in [2.45, 2.75) is 18.8 Å². The third-order valence-corrected chi connectivity index (χ3v) is 5.04. The minimum Gasteiger partial charge on any atom is -0.492 e. The molecule has 0 aliphatic carbocycles. The standard InChI is InChI=1S/C22H26F2N2O5.ClH/c1-28-18-16(21(27)26-11-9-22(23,24)13-26)12-17(19(29-2)20(18)30-3)31-15-6-4-14(5-7-15)8-10-25;/h4-7,12H,8-11,13,25H2,1-3H3;1H. The second-order valence-corrected chi connectivity index (χ2v) is 7.14. The van der Waals surface area contributed by atoms with Crippen molar-refractivity contribution in [3.8, 4) is 28.7 Å². The van der Waals surface area contributed by atoms with Gasteiger partial charge in [-0.2, -0.15) is 0 Å². The molecule has 0 atom stereocenters. The summed E-state index contributed by atoms with van der Waals surface area (Å²) in [7, 11) is 4.18. The number of rotatable bonds is 8. The van der Waals surface area contributed by atoms with Crippen LogP contribution in [0.4, 0.5) is 8.78 Å². The topological polar surface area (TPSA) is 83.3 Å². The summed E-state index contributed by atoms with van der Waals surface area (Å²) in [6.07, 6.45) is 0.353. The molecule has 0 spiro atoms. The molecule has 3 rings (SSSR count). The van der Waals surface area contributed by atoms with Gasteiger partial charge in [-0.3, -0.25) is 4.79 Å². The maximum Gasteiger partial charge on any atom is 0.267 e. The molecular formula is C22H27ClF2N2O5. The molecule has 0 bridgehead atoms. The highest BCUT2D eigenvalue weighted by molar-refractivity contribution is 5.99. The van der Waals surface area contributed by atoms with Crippen LogP contribution < -0.4 is 24.7 Å². The predicted octanol–water partition coefficient (Wildman–Crippen LogP) is 3.91. The van der Waals surface area contributed by atoms with Crippen molar-refractivity contribution >= 4 is 18.3 Å². The number of nitrogens with zero attached hydrogens (tertiary/aromatic N) is 1. The van der Waals surface area contributed by atoms with E-state index in [4.69, 9.17) is 24.7 Å². The molecule has 32 heavy (non-hydrogen) atoms. The Hall–Kier alpha value is -2.78. The molecule has 2 aromatic carbocycles. The molecule has 2 N–H and O–H groups in total. The van der Waals surface area contributed by atoms with E-state index < -0.39 is 18.4 Å². The monoisotopic (exact) mass is 472 g/mol. The van der Waals surface area contributed by atoms with Gasteiger partial charge in [0, 0.05) is 19.0 Å². The molecule has 1 aliphatic heterocycles. The number of benzene rings is 2. The fourth-order valence-corrected chi connectivity index (χ4v) is 3.51. The second-order valence-electron chi connectivity index (χ2n) is 7.14. The van der Waals surface area contributed by atoms with Crippen molar-refractivity contribution in [2.24, 2.45) is 5.73 Å². The second kappa shape index (κ2) is 10.7. The summed E-state index contributed by atoms with van der Waals surface area (Å²) < 4.78 is 49.5. The van der Waals surface area contributed by atoms with E-state index in [0.717, 1.165) is 16.9 Å². The summed E-state index contributed by atoms with van der Waals surface area (Å²) in [5.74, 6) is -2.38. The number of likely N-dealkylation sites (tertiary alicyclic amines) is 1. The lowest BCUT2D eigenvalue weighted by molar-refractivity contribution is 0.0119.